The number of aromatic nitrogens is 3. The molecule has 0 spiro atoms. The van der Waals surface area contributed by atoms with Gasteiger partial charge in [-0.2, -0.15) is 0 Å². The van der Waals surface area contributed by atoms with E-state index in [4.69, 9.17) is 0 Å². The van der Waals surface area contributed by atoms with E-state index < -0.39 is 0 Å². The SMILES string of the molecule is Cc1cccc(CSc2nnc(C3CCCCC3)n2C)c1. The molecule has 0 bridgehead atoms. The highest BCUT2D eigenvalue weighted by Gasteiger charge is 2.21. The van der Waals surface area contributed by atoms with Crippen LogP contribution in [0.1, 0.15) is 55.0 Å². The zero-order chi connectivity index (χ0) is 14.7. The van der Waals surface area contributed by atoms with Gasteiger partial charge in [0.05, 0.1) is 0 Å². The van der Waals surface area contributed by atoms with Gasteiger partial charge in [-0.15, -0.1) is 10.2 Å². The Morgan fingerprint density at radius 2 is 2.00 bits per heavy atom. The summed E-state index contributed by atoms with van der Waals surface area (Å²) in [7, 11) is 2.11. The fraction of sp³-hybridized carbons (Fsp3) is 0.529. The Balaban J connectivity index is 1.67. The molecule has 3 nitrogen and oxygen atoms in total. The highest BCUT2D eigenvalue weighted by atomic mass is 32.2. The lowest BCUT2D eigenvalue weighted by Gasteiger charge is -2.20. The predicted molar refractivity (Wildman–Crippen MR) is 87.6 cm³/mol. The summed E-state index contributed by atoms with van der Waals surface area (Å²) in [6.45, 7) is 2.14. The third-order valence-electron chi connectivity index (χ3n) is 4.29. The minimum absolute atomic E-state index is 0.615. The maximum absolute atomic E-state index is 4.46. The number of rotatable bonds is 4. The molecule has 0 saturated heterocycles. The van der Waals surface area contributed by atoms with Crippen molar-refractivity contribution in [1.82, 2.24) is 14.8 Å². The van der Waals surface area contributed by atoms with E-state index in [1.54, 1.807) is 11.8 Å². The highest BCUT2D eigenvalue weighted by molar-refractivity contribution is 7.98. The van der Waals surface area contributed by atoms with Gasteiger partial charge in [-0.05, 0) is 25.3 Å². The molecular weight excluding hydrogens is 278 g/mol. The molecule has 112 valence electrons. The van der Waals surface area contributed by atoms with E-state index in [1.807, 2.05) is 0 Å². The van der Waals surface area contributed by atoms with Gasteiger partial charge in [0.15, 0.2) is 5.16 Å². The largest absolute Gasteiger partial charge is 0.309 e. The molecular formula is C17H23N3S. The van der Waals surface area contributed by atoms with Crippen molar-refractivity contribution in [3.8, 4) is 0 Å². The lowest BCUT2D eigenvalue weighted by atomic mass is 9.89. The summed E-state index contributed by atoms with van der Waals surface area (Å²) >= 11 is 1.78. The summed E-state index contributed by atoms with van der Waals surface area (Å²) in [5.74, 6) is 2.75. The normalized spacial score (nSPS) is 16.3. The molecule has 1 aromatic carbocycles. The van der Waals surface area contributed by atoms with Gasteiger partial charge in [-0.25, -0.2) is 0 Å². The molecule has 0 unspecified atom stereocenters. The lowest BCUT2D eigenvalue weighted by Crippen LogP contribution is -2.10. The van der Waals surface area contributed by atoms with Crippen molar-refractivity contribution in [3.63, 3.8) is 0 Å². The summed E-state index contributed by atoms with van der Waals surface area (Å²) in [5.41, 5.74) is 2.66. The monoisotopic (exact) mass is 301 g/mol. The van der Waals surface area contributed by atoms with Gasteiger partial charge in [-0.3, -0.25) is 0 Å². The van der Waals surface area contributed by atoms with Crippen LogP contribution in [0.3, 0.4) is 0 Å². The third kappa shape index (κ3) is 3.49. The second kappa shape index (κ2) is 6.65. The quantitative estimate of drug-likeness (QED) is 0.781. The van der Waals surface area contributed by atoms with Crippen LogP contribution < -0.4 is 0 Å². The molecule has 1 aromatic heterocycles. The van der Waals surface area contributed by atoms with Gasteiger partial charge in [0.1, 0.15) is 5.82 Å². The van der Waals surface area contributed by atoms with E-state index in [-0.39, 0.29) is 0 Å². The summed E-state index contributed by atoms with van der Waals surface area (Å²) in [5, 5.41) is 9.90. The van der Waals surface area contributed by atoms with Gasteiger partial charge in [-0.1, -0.05) is 60.9 Å². The zero-order valence-corrected chi connectivity index (χ0v) is 13.7. The number of nitrogens with zero attached hydrogens (tertiary/aromatic N) is 3. The highest BCUT2D eigenvalue weighted by Crippen LogP contribution is 2.33. The van der Waals surface area contributed by atoms with Crippen molar-refractivity contribution < 1.29 is 0 Å². The van der Waals surface area contributed by atoms with Gasteiger partial charge in [0, 0.05) is 18.7 Å². The molecule has 21 heavy (non-hydrogen) atoms. The van der Waals surface area contributed by atoms with Crippen LogP contribution in [-0.2, 0) is 12.8 Å². The van der Waals surface area contributed by atoms with Crippen LogP contribution in [0.5, 0.6) is 0 Å². The number of hydrogen-bond acceptors (Lipinski definition) is 3. The molecule has 0 amide bonds. The van der Waals surface area contributed by atoms with E-state index in [0.29, 0.717) is 5.92 Å². The van der Waals surface area contributed by atoms with Crippen LogP contribution >= 0.6 is 11.8 Å². The fourth-order valence-corrected chi connectivity index (χ4v) is 3.98. The van der Waals surface area contributed by atoms with E-state index in [0.717, 1.165) is 10.9 Å². The molecule has 1 saturated carbocycles. The Labute approximate surface area is 131 Å². The van der Waals surface area contributed by atoms with E-state index in [1.165, 1.54) is 49.1 Å². The molecule has 3 rings (SSSR count). The first kappa shape index (κ1) is 14.6. The van der Waals surface area contributed by atoms with Crippen molar-refractivity contribution in [2.24, 2.45) is 7.05 Å². The first-order valence-corrected chi connectivity index (χ1v) is 8.80. The second-order valence-corrected chi connectivity index (χ2v) is 6.95. The molecule has 0 radical (unpaired) electrons. The third-order valence-corrected chi connectivity index (χ3v) is 5.38. The van der Waals surface area contributed by atoms with Crippen LogP contribution in [-0.4, -0.2) is 14.8 Å². The predicted octanol–water partition coefficient (Wildman–Crippen LogP) is 4.46. The second-order valence-electron chi connectivity index (χ2n) is 6.01. The first-order valence-electron chi connectivity index (χ1n) is 7.81. The molecule has 1 aliphatic rings. The molecule has 4 heteroatoms. The molecule has 0 aliphatic heterocycles. The smallest absolute Gasteiger partial charge is 0.191 e. The maximum atomic E-state index is 4.46. The fourth-order valence-electron chi connectivity index (χ4n) is 3.12. The first-order chi connectivity index (χ1) is 10.2. The minimum Gasteiger partial charge on any atom is -0.309 e. The summed E-state index contributed by atoms with van der Waals surface area (Å²) in [6, 6.07) is 8.68. The molecule has 1 heterocycles. The van der Waals surface area contributed by atoms with Crippen LogP contribution in [0.25, 0.3) is 0 Å². The van der Waals surface area contributed by atoms with Crippen molar-refractivity contribution in [3.05, 3.63) is 41.2 Å². The van der Waals surface area contributed by atoms with Crippen LogP contribution in [0, 0.1) is 6.92 Å². The number of aryl methyl sites for hydroxylation is 1. The van der Waals surface area contributed by atoms with E-state index in [9.17, 15) is 0 Å². The Morgan fingerprint density at radius 1 is 1.19 bits per heavy atom. The Bertz CT molecular complexity index is 600. The van der Waals surface area contributed by atoms with Crippen LogP contribution in [0.4, 0.5) is 0 Å². The summed E-state index contributed by atoms with van der Waals surface area (Å²) in [6.07, 6.45) is 6.60. The van der Waals surface area contributed by atoms with Crippen LogP contribution in [0.2, 0.25) is 0 Å². The summed E-state index contributed by atoms with van der Waals surface area (Å²) < 4.78 is 2.20. The van der Waals surface area contributed by atoms with Gasteiger partial charge in [0.25, 0.3) is 0 Å². The molecule has 0 atom stereocenters. The molecule has 1 fully saturated rings. The molecule has 2 aromatic rings. The standard InChI is InChI=1S/C17H23N3S/c1-13-7-6-8-14(11-13)12-21-17-19-18-16(20(17)2)15-9-4-3-5-10-15/h6-8,11,15H,3-5,9-10,12H2,1-2H3. The zero-order valence-electron chi connectivity index (χ0n) is 12.9. The lowest BCUT2D eigenvalue weighted by molar-refractivity contribution is 0.418. The number of hydrogen-bond donors (Lipinski definition) is 0. The number of benzene rings is 1. The van der Waals surface area contributed by atoms with E-state index in [2.05, 4.69) is 53.0 Å². The van der Waals surface area contributed by atoms with Gasteiger partial charge < -0.3 is 4.57 Å². The Hall–Kier alpha value is -1.29. The maximum Gasteiger partial charge on any atom is 0.191 e. The minimum atomic E-state index is 0.615. The van der Waals surface area contributed by atoms with Crippen molar-refractivity contribution in [2.45, 2.75) is 55.9 Å². The topological polar surface area (TPSA) is 30.7 Å². The Kier molecular flexibility index (Phi) is 4.63. The van der Waals surface area contributed by atoms with Gasteiger partial charge in [0.2, 0.25) is 0 Å². The van der Waals surface area contributed by atoms with Crippen molar-refractivity contribution in [2.75, 3.05) is 0 Å². The molecule has 1 aliphatic carbocycles. The van der Waals surface area contributed by atoms with Crippen molar-refractivity contribution >= 4 is 11.8 Å². The molecule has 0 N–H and O–H groups in total. The number of thioether (sulfide) groups is 1. The Morgan fingerprint density at radius 3 is 2.76 bits per heavy atom. The average molecular weight is 301 g/mol. The van der Waals surface area contributed by atoms with Gasteiger partial charge >= 0.3 is 0 Å². The van der Waals surface area contributed by atoms with Crippen LogP contribution in [0.15, 0.2) is 29.4 Å². The van der Waals surface area contributed by atoms with E-state index >= 15 is 0 Å². The average Bonchev–Trinajstić information content (AvgIpc) is 2.87. The summed E-state index contributed by atoms with van der Waals surface area (Å²) in [4.78, 5) is 0. The van der Waals surface area contributed by atoms with Crippen molar-refractivity contribution in [1.29, 1.82) is 0 Å².